The third kappa shape index (κ3) is 1.91. The minimum Gasteiger partial charge on any atom is -0.304 e. The molecule has 0 spiro atoms. The van der Waals surface area contributed by atoms with Crippen LogP contribution in [0.2, 0.25) is 0 Å². The van der Waals surface area contributed by atoms with Gasteiger partial charge < -0.3 is 4.90 Å². The average Bonchev–Trinajstić information content (AvgIpc) is 2.94. The smallest absolute Gasteiger partial charge is 0.224 e. The number of amides is 1. The molecule has 0 bridgehead atoms. The van der Waals surface area contributed by atoms with E-state index in [9.17, 15) is 14.9 Å². The summed E-state index contributed by atoms with van der Waals surface area (Å²) >= 11 is 0. The molecule has 1 aliphatic heterocycles. The van der Waals surface area contributed by atoms with Crippen LogP contribution in [0.1, 0.15) is 58.8 Å². The van der Waals surface area contributed by atoms with Gasteiger partial charge in [-0.05, 0) is 29.7 Å². The van der Waals surface area contributed by atoms with E-state index in [-0.39, 0.29) is 23.7 Å². The number of carbonyl (C=O) groups excluding carboxylic acids is 2. The molecule has 0 radical (unpaired) electrons. The van der Waals surface area contributed by atoms with E-state index in [1.54, 1.807) is 17.9 Å². The maximum Gasteiger partial charge on any atom is 0.224 e. The highest BCUT2D eigenvalue weighted by atomic mass is 16.2. The number of anilines is 1. The summed E-state index contributed by atoms with van der Waals surface area (Å²) in [6.07, 6.45) is 1.13. The Kier molecular flexibility index (Phi) is 3.24. The van der Waals surface area contributed by atoms with Crippen LogP contribution < -0.4 is 4.90 Å². The van der Waals surface area contributed by atoms with E-state index in [2.05, 4.69) is 6.07 Å². The highest BCUT2D eigenvalue weighted by Gasteiger charge is 2.46. The molecule has 0 saturated heterocycles. The Hall–Kier alpha value is -2.93. The van der Waals surface area contributed by atoms with Crippen molar-refractivity contribution in [2.45, 2.75) is 31.7 Å². The highest BCUT2D eigenvalue weighted by Crippen LogP contribution is 2.54. The number of hydrogen-bond donors (Lipinski definition) is 0. The molecule has 2 unspecified atom stereocenters. The Bertz CT molecular complexity index is 896. The number of nitrogens with zero attached hydrogens (tertiary/aromatic N) is 2. The van der Waals surface area contributed by atoms with Crippen LogP contribution in [-0.4, -0.2) is 11.7 Å². The molecule has 0 aromatic heterocycles. The van der Waals surface area contributed by atoms with Crippen molar-refractivity contribution in [3.63, 3.8) is 0 Å². The van der Waals surface area contributed by atoms with Crippen LogP contribution in [0.3, 0.4) is 0 Å². The topological polar surface area (TPSA) is 61.2 Å². The van der Waals surface area contributed by atoms with Gasteiger partial charge in [-0.1, -0.05) is 30.3 Å². The Morgan fingerprint density at radius 2 is 1.96 bits per heavy atom. The molecule has 2 atom stereocenters. The quantitative estimate of drug-likeness (QED) is 0.805. The van der Waals surface area contributed by atoms with Gasteiger partial charge in [0.25, 0.3) is 0 Å². The third-order valence-corrected chi connectivity index (χ3v) is 5.07. The maximum absolute atomic E-state index is 12.5. The van der Waals surface area contributed by atoms with Crippen molar-refractivity contribution >= 4 is 17.4 Å². The van der Waals surface area contributed by atoms with Crippen LogP contribution in [0.25, 0.3) is 0 Å². The standard InChI is InChI=1S/C20H16N2O2/c1-12(23)22-16-9-7-14(11-21)18-17(24)10-8-15(19(16)18)20(22)13-5-3-2-4-6-13/h2-7,9,15,20H,8,10H2,1H3. The van der Waals surface area contributed by atoms with Crippen LogP contribution in [0.4, 0.5) is 5.69 Å². The molecule has 1 aliphatic carbocycles. The first-order chi connectivity index (χ1) is 11.6. The second-order valence-electron chi connectivity index (χ2n) is 6.35. The fourth-order valence-electron chi connectivity index (χ4n) is 4.19. The van der Waals surface area contributed by atoms with Crippen molar-refractivity contribution in [2.24, 2.45) is 0 Å². The monoisotopic (exact) mass is 316 g/mol. The molecule has 0 N–H and O–H groups in total. The molecule has 2 aromatic rings. The van der Waals surface area contributed by atoms with Crippen LogP contribution in [-0.2, 0) is 4.79 Å². The first kappa shape index (κ1) is 14.6. The zero-order valence-electron chi connectivity index (χ0n) is 13.3. The number of benzene rings is 2. The number of rotatable bonds is 1. The molecule has 118 valence electrons. The third-order valence-electron chi connectivity index (χ3n) is 5.07. The molecule has 2 aliphatic rings. The summed E-state index contributed by atoms with van der Waals surface area (Å²) in [5.74, 6) is 0.0294. The Labute approximate surface area is 140 Å². The van der Waals surface area contributed by atoms with Crippen LogP contribution in [0.15, 0.2) is 42.5 Å². The lowest BCUT2D eigenvalue weighted by Gasteiger charge is -2.29. The summed E-state index contributed by atoms with van der Waals surface area (Å²) in [5.41, 5.74) is 3.67. The molecule has 2 aromatic carbocycles. The number of carbonyl (C=O) groups is 2. The van der Waals surface area contributed by atoms with Gasteiger partial charge in [0, 0.05) is 30.5 Å². The number of ketones is 1. The summed E-state index contributed by atoms with van der Waals surface area (Å²) in [4.78, 5) is 26.6. The lowest BCUT2D eigenvalue weighted by atomic mass is 9.77. The van der Waals surface area contributed by atoms with Crippen molar-refractivity contribution < 1.29 is 9.59 Å². The first-order valence-corrected chi connectivity index (χ1v) is 8.08. The minimum absolute atomic E-state index is 0.0110. The predicted octanol–water partition coefficient (Wildman–Crippen LogP) is 3.73. The molecule has 4 rings (SSSR count). The normalized spacial score (nSPS) is 21.3. The van der Waals surface area contributed by atoms with E-state index in [0.717, 1.165) is 16.8 Å². The van der Waals surface area contributed by atoms with Gasteiger partial charge in [0.2, 0.25) is 5.91 Å². The average molecular weight is 316 g/mol. The van der Waals surface area contributed by atoms with Crippen LogP contribution >= 0.6 is 0 Å². The van der Waals surface area contributed by atoms with Gasteiger partial charge >= 0.3 is 0 Å². The van der Waals surface area contributed by atoms with Crippen molar-refractivity contribution in [2.75, 3.05) is 4.90 Å². The molecule has 1 heterocycles. The summed E-state index contributed by atoms with van der Waals surface area (Å²) < 4.78 is 0. The van der Waals surface area contributed by atoms with Crippen molar-refractivity contribution in [1.82, 2.24) is 0 Å². The molecule has 1 amide bonds. The summed E-state index contributed by atoms with van der Waals surface area (Å²) in [5, 5.41) is 9.38. The molecular weight excluding hydrogens is 300 g/mol. The van der Waals surface area contributed by atoms with Gasteiger partial charge in [-0.2, -0.15) is 5.26 Å². The van der Waals surface area contributed by atoms with Gasteiger partial charge in [0.15, 0.2) is 5.78 Å². The second kappa shape index (κ2) is 5.31. The number of Topliss-reactive ketones (excluding diaryl/α,β-unsaturated/α-hetero) is 1. The van der Waals surface area contributed by atoms with E-state index in [0.29, 0.717) is 24.0 Å². The summed E-state index contributed by atoms with van der Waals surface area (Å²) in [6, 6.07) is 15.4. The zero-order chi connectivity index (χ0) is 16.8. The fourth-order valence-corrected chi connectivity index (χ4v) is 4.19. The second-order valence-corrected chi connectivity index (χ2v) is 6.35. The maximum atomic E-state index is 12.5. The largest absolute Gasteiger partial charge is 0.304 e. The van der Waals surface area contributed by atoms with E-state index >= 15 is 0 Å². The van der Waals surface area contributed by atoms with Crippen molar-refractivity contribution in [3.8, 4) is 6.07 Å². The fraction of sp³-hybridized carbons (Fsp3) is 0.250. The first-order valence-electron chi connectivity index (χ1n) is 8.08. The van der Waals surface area contributed by atoms with E-state index in [1.807, 2.05) is 36.4 Å². The number of hydrogen-bond acceptors (Lipinski definition) is 3. The molecule has 4 heteroatoms. The van der Waals surface area contributed by atoms with E-state index < -0.39 is 0 Å². The van der Waals surface area contributed by atoms with Crippen molar-refractivity contribution in [1.29, 1.82) is 5.26 Å². The van der Waals surface area contributed by atoms with Crippen LogP contribution in [0, 0.1) is 11.3 Å². The van der Waals surface area contributed by atoms with Crippen molar-refractivity contribution in [3.05, 3.63) is 64.7 Å². The lowest BCUT2D eigenvalue weighted by molar-refractivity contribution is -0.117. The summed E-state index contributed by atoms with van der Waals surface area (Å²) in [6.45, 7) is 1.56. The zero-order valence-corrected chi connectivity index (χ0v) is 13.3. The predicted molar refractivity (Wildman–Crippen MR) is 89.8 cm³/mol. The molecule has 0 fully saturated rings. The Morgan fingerprint density at radius 3 is 2.62 bits per heavy atom. The van der Waals surface area contributed by atoms with Gasteiger partial charge in [-0.15, -0.1) is 0 Å². The summed E-state index contributed by atoms with van der Waals surface area (Å²) in [7, 11) is 0. The van der Waals surface area contributed by atoms with Gasteiger partial charge in [-0.3, -0.25) is 9.59 Å². The van der Waals surface area contributed by atoms with Gasteiger partial charge in [0.05, 0.1) is 17.7 Å². The van der Waals surface area contributed by atoms with Gasteiger partial charge in [0.1, 0.15) is 0 Å². The van der Waals surface area contributed by atoms with Crippen LogP contribution in [0.5, 0.6) is 0 Å². The molecular formula is C20H16N2O2. The Morgan fingerprint density at radius 1 is 1.21 bits per heavy atom. The minimum atomic E-state index is -0.112. The Balaban J connectivity index is 1.99. The number of nitriles is 1. The molecule has 0 saturated carbocycles. The van der Waals surface area contributed by atoms with E-state index in [4.69, 9.17) is 0 Å². The molecule has 24 heavy (non-hydrogen) atoms. The lowest BCUT2D eigenvalue weighted by Crippen LogP contribution is -2.31. The van der Waals surface area contributed by atoms with E-state index in [1.165, 1.54) is 0 Å². The highest BCUT2D eigenvalue weighted by molar-refractivity contribution is 6.06. The molecule has 4 nitrogen and oxygen atoms in total. The van der Waals surface area contributed by atoms with Gasteiger partial charge in [-0.25, -0.2) is 0 Å². The SMILES string of the molecule is CC(=O)N1c2ccc(C#N)c3c2C(CCC3=O)C1c1ccccc1.